The van der Waals surface area contributed by atoms with E-state index in [1.807, 2.05) is 24.3 Å². The van der Waals surface area contributed by atoms with Crippen LogP contribution < -0.4 is 16.0 Å². The Labute approximate surface area is 144 Å². The van der Waals surface area contributed by atoms with Gasteiger partial charge in [0.1, 0.15) is 5.82 Å². The number of benzene rings is 2. The van der Waals surface area contributed by atoms with Gasteiger partial charge in [0.15, 0.2) is 0 Å². The molecule has 1 atom stereocenters. The third-order valence-electron chi connectivity index (χ3n) is 4.36. The second-order valence-electron chi connectivity index (χ2n) is 6.03. The Morgan fingerprint density at radius 3 is 2.80 bits per heavy atom. The molecule has 2 aromatic carbocycles. The van der Waals surface area contributed by atoms with Crippen LogP contribution in [-0.4, -0.2) is 25.6 Å². The second-order valence-corrected chi connectivity index (χ2v) is 6.03. The van der Waals surface area contributed by atoms with Gasteiger partial charge in [-0.25, -0.2) is 4.39 Å². The lowest BCUT2D eigenvalue weighted by molar-refractivity contribution is -0.110. The number of anilines is 2. The zero-order valence-electron chi connectivity index (χ0n) is 13.5. The van der Waals surface area contributed by atoms with Crippen LogP contribution in [0.15, 0.2) is 48.7 Å². The summed E-state index contributed by atoms with van der Waals surface area (Å²) in [5, 5.41) is 9.14. The van der Waals surface area contributed by atoms with E-state index in [0.717, 1.165) is 24.3 Å². The molecule has 2 aromatic rings. The fraction of sp³-hybridized carbons (Fsp3) is 0.211. The Morgan fingerprint density at radius 2 is 2.04 bits per heavy atom. The number of halogens is 1. The number of nitrogens with one attached hydrogen (secondary N) is 3. The van der Waals surface area contributed by atoms with Crippen LogP contribution in [0.25, 0.3) is 5.57 Å². The van der Waals surface area contributed by atoms with Gasteiger partial charge in [0.25, 0.3) is 5.91 Å². The van der Waals surface area contributed by atoms with Crippen molar-refractivity contribution in [3.63, 3.8) is 0 Å². The molecule has 1 fully saturated rings. The molecular formula is C19H18FN3O2. The highest BCUT2D eigenvalue weighted by atomic mass is 19.1. The van der Waals surface area contributed by atoms with Crippen LogP contribution >= 0.6 is 0 Å². The Bertz CT molecular complexity index is 827. The average molecular weight is 339 g/mol. The summed E-state index contributed by atoms with van der Waals surface area (Å²) in [7, 11) is 0. The van der Waals surface area contributed by atoms with Crippen molar-refractivity contribution in [3.05, 3.63) is 65.6 Å². The van der Waals surface area contributed by atoms with E-state index in [0.29, 0.717) is 23.4 Å². The first kappa shape index (κ1) is 15.8. The largest absolute Gasteiger partial charge is 0.371 e. The first-order chi connectivity index (χ1) is 12.2. The fourth-order valence-electron chi connectivity index (χ4n) is 3.03. The second kappa shape index (κ2) is 6.66. The summed E-state index contributed by atoms with van der Waals surface area (Å²) < 4.78 is 19.2. The number of ether oxygens (including phenoxy) is 1. The first-order valence-corrected chi connectivity index (χ1v) is 8.21. The zero-order valence-corrected chi connectivity index (χ0v) is 13.5. The lowest BCUT2D eigenvalue weighted by atomic mass is 10.1. The van der Waals surface area contributed by atoms with E-state index in [4.69, 9.17) is 4.74 Å². The van der Waals surface area contributed by atoms with Crippen molar-refractivity contribution in [2.75, 3.05) is 30.3 Å². The maximum atomic E-state index is 13.4. The quantitative estimate of drug-likeness (QED) is 0.753. The third-order valence-corrected chi connectivity index (χ3v) is 4.36. The molecule has 1 amide bonds. The summed E-state index contributed by atoms with van der Waals surface area (Å²) in [6.07, 6.45) is 1.67. The lowest BCUT2D eigenvalue weighted by Gasteiger charge is -2.24. The summed E-state index contributed by atoms with van der Waals surface area (Å²) in [4.78, 5) is 12.1. The number of carbonyl (C=O) groups is 1. The fourth-order valence-corrected chi connectivity index (χ4v) is 3.03. The Hall–Kier alpha value is -2.70. The number of fused-ring (bicyclic) bond motifs is 1. The van der Waals surface area contributed by atoms with E-state index in [2.05, 4.69) is 16.0 Å². The van der Waals surface area contributed by atoms with Gasteiger partial charge in [0.2, 0.25) is 0 Å². The minimum Gasteiger partial charge on any atom is -0.371 e. The molecule has 0 aromatic heterocycles. The molecule has 0 saturated carbocycles. The van der Waals surface area contributed by atoms with Crippen molar-refractivity contribution >= 4 is 22.9 Å². The number of morpholine rings is 1. The summed E-state index contributed by atoms with van der Waals surface area (Å²) >= 11 is 0. The highest BCUT2D eigenvalue weighted by Gasteiger charge is 2.24. The molecule has 2 aliphatic rings. The monoisotopic (exact) mass is 339 g/mol. The summed E-state index contributed by atoms with van der Waals surface area (Å²) in [6, 6.07) is 12.1. The number of hydrogen-bond donors (Lipinski definition) is 3. The van der Waals surface area contributed by atoms with Crippen molar-refractivity contribution in [2.45, 2.75) is 6.10 Å². The minimum atomic E-state index is -0.369. The van der Waals surface area contributed by atoms with Crippen LogP contribution in [0.1, 0.15) is 17.2 Å². The van der Waals surface area contributed by atoms with Crippen molar-refractivity contribution in [3.8, 4) is 0 Å². The average Bonchev–Trinajstić information content (AvgIpc) is 2.96. The van der Waals surface area contributed by atoms with Gasteiger partial charge in [-0.2, -0.15) is 0 Å². The topological polar surface area (TPSA) is 62.4 Å². The van der Waals surface area contributed by atoms with Crippen LogP contribution in [0.2, 0.25) is 0 Å². The molecule has 2 aliphatic heterocycles. The van der Waals surface area contributed by atoms with E-state index in [9.17, 15) is 9.18 Å². The van der Waals surface area contributed by atoms with Crippen LogP contribution in [-0.2, 0) is 9.53 Å². The third kappa shape index (κ3) is 3.26. The highest BCUT2D eigenvalue weighted by molar-refractivity contribution is 6.31. The zero-order chi connectivity index (χ0) is 17.2. The number of carbonyl (C=O) groups excluding carboxylic acids is 1. The molecule has 0 spiro atoms. The van der Waals surface area contributed by atoms with Gasteiger partial charge >= 0.3 is 0 Å². The molecule has 0 bridgehead atoms. The molecular weight excluding hydrogens is 321 g/mol. The summed E-state index contributed by atoms with van der Waals surface area (Å²) in [5.74, 6) is -0.613. The molecule has 3 N–H and O–H groups in total. The molecule has 0 aliphatic carbocycles. The minimum absolute atomic E-state index is 0.0663. The van der Waals surface area contributed by atoms with Gasteiger partial charge in [0, 0.05) is 36.2 Å². The molecule has 4 rings (SSSR count). The summed E-state index contributed by atoms with van der Waals surface area (Å²) in [6.45, 7) is 2.40. The van der Waals surface area contributed by atoms with Crippen LogP contribution in [0, 0.1) is 5.82 Å². The van der Waals surface area contributed by atoms with Gasteiger partial charge in [0.05, 0.1) is 18.3 Å². The van der Waals surface area contributed by atoms with E-state index < -0.39 is 0 Å². The first-order valence-electron chi connectivity index (χ1n) is 8.21. The predicted molar refractivity (Wildman–Crippen MR) is 94.6 cm³/mol. The van der Waals surface area contributed by atoms with Crippen molar-refractivity contribution in [1.29, 1.82) is 0 Å². The van der Waals surface area contributed by atoms with Crippen LogP contribution in [0.4, 0.5) is 15.8 Å². The normalized spacial score (nSPS) is 21.1. The SMILES string of the molecule is O=C1Nc2ccc(F)cc2C1=CNc1ccc(C2CNCCO2)cc1. The standard InChI is InChI=1S/C19H18FN3O2/c20-13-3-6-17-15(9-13)16(19(24)23-17)10-22-14-4-1-12(2-5-14)18-11-21-7-8-25-18/h1-6,9-10,18,21-22H,7-8,11H2,(H,23,24). The van der Waals surface area contributed by atoms with Crippen LogP contribution in [0.3, 0.4) is 0 Å². The van der Waals surface area contributed by atoms with Gasteiger partial charge < -0.3 is 20.7 Å². The molecule has 1 unspecified atom stereocenters. The van der Waals surface area contributed by atoms with Crippen molar-refractivity contribution in [1.82, 2.24) is 5.32 Å². The molecule has 1 saturated heterocycles. The van der Waals surface area contributed by atoms with Crippen molar-refractivity contribution in [2.24, 2.45) is 0 Å². The summed E-state index contributed by atoms with van der Waals surface area (Å²) in [5.41, 5.74) is 3.56. The maximum Gasteiger partial charge on any atom is 0.257 e. The Morgan fingerprint density at radius 1 is 1.20 bits per heavy atom. The highest BCUT2D eigenvalue weighted by Crippen LogP contribution is 2.32. The molecule has 128 valence electrons. The van der Waals surface area contributed by atoms with Crippen LogP contribution in [0.5, 0.6) is 0 Å². The number of hydrogen-bond acceptors (Lipinski definition) is 4. The van der Waals surface area contributed by atoms with E-state index in [-0.39, 0.29) is 17.8 Å². The van der Waals surface area contributed by atoms with E-state index in [1.165, 1.54) is 12.1 Å². The number of rotatable bonds is 3. The number of amides is 1. The molecule has 5 nitrogen and oxygen atoms in total. The van der Waals surface area contributed by atoms with Gasteiger partial charge in [-0.05, 0) is 35.9 Å². The van der Waals surface area contributed by atoms with Gasteiger partial charge in [-0.1, -0.05) is 12.1 Å². The van der Waals surface area contributed by atoms with E-state index in [1.54, 1.807) is 12.3 Å². The smallest absolute Gasteiger partial charge is 0.257 e. The lowest BCUT2D eigenvalue weighted by Crippen LogP contribution is -2.33. The Kier molecular flexibility index (Phi) is 4.21. The maximum absolute atomic E-state index is 13.4. The molecule has 6 heteroatoms. The van der Waals surface area contributed by atoms with Crippen molar-refractivity contribution < 1.29 is 13.9 Å². The molecule has 0 radical (unpaired) electrons. The van der Waals surface area contributed by atoms with Gasteiger partial charge in [-0.15, -0.1) is 0 Å². The van der Waals surface area contributed by atoms with E-state index >= 15 is 0 Å². The predicted octanol–water partition coefficient (Wildman–Crippen LogP) is 2.89. The van der Waals surface area contributed by atoms with Gasteiger partial charge in [-0.3, -0.25) is 4.79 Å². The Balaban J connectivity index is 1.50. The molecule has 2 heterocycles. The molecule has 25 heavy (non-hydrogen) atoms.